The Morgan fingerprint density at radius 1 is 1.41 bits per heavy atom. The summed E-state index contributed by atoms with van der Waals surface area (Å²) in [6.07, 6.45) is 5.31. The minimum atomic E-state index is 0.500. The topological polar surface area (TPSA) is 42.1 Å². The molecule has 0 unspecified atom stereocenters. The molecule has 3 heteroatoms. The number of nitrogens with two attached hydrogens (primary N) is 1. The van der Waals surface area contributed by atoms with Crippen molar-refractivity contribution in [2.75, 3.05) is 18.5 Å². The van der Waals surface area contributed by atoms with Gasteiger partial charge in [-0.25, -0.2) is 4.98 Å². The van der Waals surface area contributed by atoms with Crippen LogP contribution in [0.3, 0.4) is 0 Å². The van der Waals surface area contributed by atoms with E-state index in [-0.39, 0.29) is 0 Å². The Morgan fingerprint density at radius 2 is 2.18 bits per heavy atom. The highest BCUT2D eigenvalue weighted by Gasteiger charge is 2.06. The van der Waals surface area contributed by atoms with Crippen LogP contribution in [0, 0.1) is 12.3 Å². The van der Waals surface area contributed by atoms with E-state index < -0.39 is 0 Å². The molecule has 17 heavy (non-hydrogen) atoms. The standard InChI is InChI=1S/C14H15N3/c1-3-8-17(2)14-9-11(10-15)12-6-4-5-7-13(12)16-14/h1,4-7,9H,8,10,15H2,2H3. The highest BCUT2D eigenvalue weighted by molar-refractivity contribution is 5.84. The van der Waals surface area contributed by atoms with Gasteiger partial charge in [-0.05, 0) is 17.7 Å². The molecule has 0 aliphatic carbocycles. The second kappa shape index (κ2) is 4.86. The van der Waals surface area contributed by atoms with Crippen LogP contribution in [-0.4, -0.2) is 18.6 Å². The normalized spacial score (nSPS) is 10.2. The third-order valence-electron chi connectivity index (χ3n) is 2.73. The fourth-order valence-electron chi connectivity index (χ4n) is 1.81. The van der Waals surface area contributed by atoms with Gasteiger partial charge in [-0.15, -0.1) is 6.42 Å². The summed E-state index contributed by atoms with van der Waals surface area (Å²) in [6.45, 7) is 1.04. The molecule has 2 rings (SSSR count). The first-order valence-corrected chi connectivity index (χ1v) is 5.49. The number of rotatable bonds is 3. The van der Waals surface area contributed by atoms with E-state index in [0.29, 0.717) is 13.1 Å². The predicted octanol–water partition coefficient (Wildman–Crippen LogP) is 1.76. The first kappa shape index (κ1) is 11.4. The van der Waals surface area contributed by atoms with Crippen molar-refractivity contribution in [3.05, 3.63) is 35.9 Å². The van der Waals surface area contributed by atoms with Gasteiger partial charge in [-0.2, -0.15) is 0 Å². The molecule has 1 aromatic carbocycles. The second-order valence-corrected chi connectivity index (χ2v) is 3.92. The molecule has 0 amide bonds. The van der Waals surface area contributed by atoms with Gasteiger partial charge in [-0.3, -0.25) is 0 Å². The van der Waals surface area contributed by atoms with Gasteiger partial charge in [-0.1, -0.05) is 24.1 Å². The summed E-state index contributed by atoms with van der Waals surface area (Å²) in [5, 5.41) is 1.10. The average Bonchev–Trinajstić information content (AvgIpc) is 2.37. The molecule has 0 radical (unpaired) electrons. The van der Waals surface area contributed by atoms with Crippen LogP contribution in [-0.2, 0) is 6.54 Å². The Hall–Kier alpha value is -2.05. The predicted molar refractivity (Wildman–Crippen MR) is 71.7 cm³/mol. The molecular formula is C14H15N3. The van der Waals surface area contributed by atoms with Gasteiger partial charge in [0.05, 0.1) is 12.1 Å². The summed E-state index contributed by atoms with van der Waals surface area (Å²) >= 11 is 0. The summed E-state index contributed by atoms with van der Waals surface area (Å²) < 4.78 is 0. The largest absolute Gasteiger partial charge is 0.349 e. The van der Waals surface area contributed by atoms with Crippen LogP contribution >= 0.6 is 0 Å². The molecule has 1 heterocycles. The van der Waals surface area contributed by atoms with Crippen molar-refractivity contribution < 1.29 is 0 Å². The van der Waals surface area contributed by atoms with Gasteiger partial charge in [0.25, 0.3) is 0 Å². The molecule has 0 spiro atoms. The van der Waals surface area contributed by atoms with Crippen LogP contribution in [0.5, 0.6) is 0 Å². The van der Waals surface area contributed by atoms with Crippen molar-refractivity contribution in [1.82, 2.24) is 4.98 Å². The number of benzene rings is 1. The Bertz CT molecular complexity index is 569. The minimum absolute atomic E-state index is 0.500. The molecule has 0 fully saturated rings. The molecule has 3 nitrogen and oxygen atoms in total. The summed E-state index contributed by atoms with van der Waals surface area (Å²) in [4.78, 5) is 6.51. The van der Waals surface area contributed by atoms with Crippen molar-refractivity contribution in [3.63, 3.8) is 0 Å². The highest BCUT2D eigenvalue weighted by atomic mass is 15.2. The van der Waals surface area contributed by atoms with Crippen LogP contribution < -0.4 is 10.6 Å². The fraction of sp³-hybridized carbons (Fsp3) is 0.214. The smallest absolute Gasteiger partial charge is 0.130 e. The van der Waals surface area contributed by atoms with Gasteiger partial charge in [0.2, 0.25) is 0 Å². The molecule has 0 atom stereocenters. The number of para-hydroxylation sites is 1. The molecule has 0 saturated carbocycles. The van der Waals surface area contributed by atoms with E-state index in [1.165, 1.54) is 0 Å². The Kier molecular flexibility index (Phi) is 3.27. The van der Waals surface area contributed by atoms with E-state index in [4.69, 9.17) is 12.2 Å². The summed E-state index contributed by atoms with van der Waals surface area (Å²) in [6, 6.07) is 9.99. The SMILES string of the molecule is C#CCN(C)c1cc(CN)c2ccccc2n1. The number of hydrogen-bond acceptors (Lipinski definition) is 3. The van der Waals surface area contributed by atoms with E-state index >= 15 is 0 Å². The van der Waals surface area contributed by atoms with E-state index in [9.17, 15) is 0 Å². The molecule has 0 aliphatic heterocycles. The van der Waals surface area contributed by atoms with Crippen molar-refractivity contribution in [2.24, 2.45) is 5.73 Å². The van der Waals surface area contributed by atoms with Gasteiger partial charge in [0.15, 0.2) is 0 Å². The van der Waals surface area contributed by atoms with Crippen molar-refractivity contribution >= 4 is 16.7 Å². The Labute approximate surface area is 101 Å². The molecular weight excluding hydrogens is 210 g/mol. The van der Waals surface area contributed by atoms with Crippen LogP contribution in [0.2, 0.25) is 0 Å². The van der Waals surface area contributed by atoms with Gasteiger partial charge in [0, 0.05) is 19.0 Å². The second-order valence-electron chi connectivity index (χ2n) is 3.92. The van der Waals surface area contributed by atoms with Gasteiger partial charge < -0.3 is 10.6 Å². The molecule has 86 valence electrons. The monoisotopic (exact) mass is 225 g/mol. The fourth-order valence-corrected chi connectivity index (χ4v) is 1.81. The Morgan fingerprint density at radius 3 is 2.88 bits per heavy atom. The van der Waals surface area contributed by atoms with Crippen LogP contribution in [0.1, 0.15) is 5.56 Å². The molecule has 2 aromatic rings. The number of pyridine rings is 1. The first-order chi connectivity index (χ1) is 8.26. The number of hydrogen-bond donors (Lipinski definition) is 1. The minimum Gasteiger partial charge on any atom is -0.349 e. The number of terminal acetylenes is 1. The maximum Gasteiger partial charge on any atom is 0.130 e. The van der Waals surface area contributed by atoms with Crippen LogP contribution in [0.15, 0.2) is 30.3 Å². The number of anilines is 1. The number of nitrogens with zero attached hydrogens (tertiary/aromatic N) is 2. The third-order valence-corrected chi connectivity index (χ3v) is 2.73. The number of fused-ring (bicyclic) bond motifs is 1. The third kappa shape index (κ3) is 2.22. The van der Waals surface area contributed by atoms with E-state index in [2.05, 4.69) is 10.9 Å². The van der Waals surface area contributed by atoms with Gasteiger partial charge >= 0.3 is 0 Å². The van der Waals surface area contributed by atoms with Crippen LogP contribution in [0.4, 0.5) is 5.82 Å². The zero-order chi connectivity index (χ0) is 12.3. The molecule has 0 aliphatic rings. The van der Waals surface area contributed by atoms with Crippen molar-refractivity contribution in [3.8, 4) is 12.3 Å². The maximum absolute atomic E-state index is 5.77. The van der Waals surface area contributed by atoms with E-state index in [0.717, 1.165) is 22.3 Å². The summed E-state index contributed by atoms with van der Waals surface area (Å²) in [5.41, 5.74) is 7.82. The first-order valence-electron chi connectivity index (χ1n) is 5.49. The summed E-state index contributed by atoms with van der Waals surface area (Å²) in [7, 11) is 1.93. The van der Waals surface area contributed by atoms with E-state index in [1.807, 2.05) is 42.3 Å². The molecule has 1 aromatic heterocycles. The van der Waals surface area contributed by atoms with Crippen molar-refractivity contribution in [1.29, 1.82) is 0 Å². The lowest BCUT2D eigenvalue weighted by Gasteiger charge is -2.17. The lowest BCUT2D eigenvalue weighted by atomic mass is 10.1. The zero-order valence-electron chi connectivity index (χ0n) is 9.85. The summed E-state index contributed by atoms with van der Waals surface area (Å²) in [5.74, 6) is 3.47. The van der Waals surface area contributed by atoms with E-state index in [1.54, 1.807) is 0 Å². The van der Waals surface area contributed by atoms with Crippen LogP contribution in [0.25, 0.3) is 10.9 Å². The lowest BCUT2D eigenvalue weighted by molar-refractivity contribution is 1.00. The molecule has 0 bridgehead atoms. The van der Waals surface area contributed by atoms with Crippen molar-refractivity contribution in [2.45, 2.75) is 6.54 Å². The number of aromatic nitrogens is 1. The van der Waals surface area contributed by atoms with Gasteiger partial charge in [0.1, 0.15) is 5.82 Å². The maximum atomic E-state index is 5.77. The Balaban J connectivity index is 2.57. The molecule has 2 N–H and O–H groups in total. The highest BCUT2D eigenvalue weighted by Crippen LogP contribution is 2.21. The lowest BCUT2D eigenvalue weighted by Crippen LogP contribution is -2.18. The average molecular weight is 225 g/mol. The quantitative estimate of drug-likeness (QED) is 0.809. The molecule has 0 saturated heterocycles. The zero-order valence-corrected chi connectivity index (χ0v) is 9.85.